The van der Waals surface area contributed by atoms with Crippen LogP contribution in [0.25, 0.3) is 0 Å². The molecule has 4 rings (SSSR count). The number of carbonyl (C=O) groups excluding carboxylic acids is 3. The molecule has 10 nitrogen and oxygen atoms in total. The van der Waals surface area contributed by atoms with Gasteiger partial charge in [0.2, 0.25) is 10.0 Å². The molecule has 1 aromatic heterocycles. The summed E-state index contributed by atoms with van der Waals surface area (Å²) in [7, 11) is -2.18. The fraction of sp³-hybridized carbons (Fsp3) is 0.458. The summed E-state index contributed by atoms with van der Waals surface area (Å²) in [6, 6.07) is 5.20. The van der Waals surface area contributed by atoms with Crippen molar-refractivity contribution in [3.63, 3.8) is 0 Å². The van der Waals surface area contributed by atoms with Crippen LogP contribution in [0.4, 0.5) is 9.80 Å². The second kappa shape index (κ2) is 11.1. The monoisotopic (exact) mass is 533 g/mol. The normalized spacial score (nSPS) is 16.7. The molecule has 0 aliphatic carbocycles. The molecular weight excluding hydrogens is 502 g/mol. The standard InChI is InChI=1S/C24H31N5O5S2/c1-3-28-14-11-18-19(15-28)35-23(20(18)22(31)27-24(32)25-2)26-21(30)16-7-9-17(10-8-16)36(33,34)29-12-5-4-6-13-29/h7-10H,3-6,11-15H2,1-2H3,(H,26,30)(H2,25,27,31,32). The van der Waals surface area contributed by atoms with E-state index >= 15 is 0 Å². The predicted octanol–water partition coefficient (Wildman–Crippen LogP) is 2.62. The summed E-state index contributed by atoms with van der Waals surface area (Å²) >= 11 is 1.32. The van der Waals surface area contributed by atoms with E-state index in [1.807, 2.05) is 0 Å². The third-order valence-electron chi connectivity index (χ3n) is 6.56. The van der Waals surface area contributed by atoms with Crippen LogP contribution in [-0.4, -0.2) is 68.7 Å². The number of sulfonamides is 1. The Labute approximate surface area is 215 Å². The van der Waals surface area contributed by atoms with E-state index in [2.05, 4.69) is 27.8 Å². The number of piperidine rings is 1. The van der Waals surface area contributed by atoms with Crippen LogP contribution < -0.4 is 16.0 Å². The Morgan fingerprint density at radius 3 is 2.33 bits per heavy atom. The molecule has 194 valence electrons. The molecule has 2 aromatic rings. The van der Waals surface area contributed by atoms with Crippen molar-refractivity contribution in [3.05, 3.63) is 45.8 Å². The molecule has 12 heteroatoms. The van der Waals surface area contributed by atoms with Crippen LogP contribution in [0.5, 0.6) is 0 Å². The number of thiophene rings is 1. The highest BCUT2D eigenvalue weighted by molar-refractivity contribution is 7.89. The maximum atomic E-state index is 13.1. The largest absolute Gasteiger partial charge is 0.341 e. The van der Waals surface area contributed by atoms with E-state index in [-0.39, 0.29) is 10.5 Å². The zero-order chi connectivity index (χ0) is 25.9. The Hall–Kier alpha value is -2.80. The lowest BCUT2D eigenvalue weighted by Gasteiger charge is -2.25. The smallest absolute Gasteiger partial charge is 0.321 e. The van der Waals surface area contributed by atoms with E-state index < -0.39 is 27.9 Å². The Balaban J connectivity index is 1.57. The number of imide groups is 1. The summed E-state index contributed by atoms with van der Waals surface area (Å²) in [5.74, 6) is -1.04. The topological polar surface area (TPSA) is 128 Å². The van der Waals surface area contributed by atoms with Crippen molar-refractivity contribution in [1.82, 2.24) is 19.8 Å². The highest BCUT2D eigenvalue weighted by atomic mass is 32.2. The lowest BCUT2D eigenvalue weighted by atomic mass is 10.0. The van der Waals surface area contributed by atoms with Gasteiger partial charge in [0.05, 0.1) is 10.5 Å². The first-order chi connectivity index (χ1) is 17.2. The molecule has 3 N–H and O–H groups in total. The van der Waals surface area contributed by atoms with Crippen LogP contribution in [0.3, 0.4) is 0 Å². The maximum absolute atomic E-state index is 13.1. The average Bonchev–Trinajstić information content (AvgIpc) is 3.25. The predicted molar refractivity (Wildman–Crippen MR) is 138 cm³/mol. The van der Waals surface area contributed by atoms with Gasteiger partial charge in [0.15, 0.2) is 0 Å². The number of carbonyl (C=O) groups is 3. The number of likely N-dealkylation sites (N-methyl/N-ethyl adjacent to an activating group) is 1. The van der Waals surface area contributed by atoms with Gasteiger partial charge in [-0.1, -0.05) is 13.3 Å². The number of rotatable bonds is 6. The lowest BCUT2D eigenvalue weighted by Crippen LogP contribution is -2.38. The van der Waals surface area contributed by atoms with Crippen molar-refractivity contribution in [2.45, 2.75) is 44.0 Å². The summed E-state index contributed by atoms with van der Waals surface area (Å²) in [5, 5.41) is 7.85. The highest BCUT2D eigenvalue weighted by Gasteiger charge is 2.30. The van der Waals surface area contributed by atoms with Crippen LogP contribution >= 0.6 is 11.3 Å². The first kappa shape index (κ1) is 26.3. The van der Waals surface area contributed by atoms with Crippen LogP contribution in [0.2, 0.25) is 0 Å². The third kappa shape index (κ3) is 5.46. The lowest BCUT2D eigenvalue weighted by molar-refractivity contribution is 0.0964. The minimum absolute atomic E-state index is 0.151. The summed E-state index contributed by atoms with van der Waals surface area (Å²) in [5.41, 5.74) is 1.41. The van der Waals surface area contributed by atoms with E-state index in [4.69, 9.17) is 0 Å². The Kier molecular flexibility index (Phi) is 8.08. The van der Waals surface area contributed by atoms with Crippen LogP contribution in [0.1, 0.15) is 57.3 Å². The SMILES string of the molecule is CCN1CCc2c(sc(NC(=O)c3ccc(S(=O)(=O)N4CCCCC4)cc3)c2C(=O)NC(=O)NC)C1. The minimum atomic E-state index is -3.60. The maximum Gasteiger partial charge on any atom is 0.321 e. The average molecular weight is 534 g/mol. The van der Waals surface area contributed by atoms with Gasteiger partial charge in [-0.25, -0.2) is 13.2 Å². The number of amides is 4. The fourth-order valence-electron chi connectivity index (χ4n) is 4.49. The molecule has 0 bridgehead atoms. The zero-order valence-electron chi connectivity index (χ0n) is 20.4. The molecule has 2 aliphatic heterocycles. The van der Waals surface area contributed by atoms with E-state index in [1.54, 1.807) is 0 Å². The quantitative estimate of drug-likeness (QED) is 0.524. The van der Waals surface area contributed by atoms with Crippen molar-refractivity contribution in [3.8, 4) is 0 Å². The molecule has 0 radical (unpaired) electrons. The number of hydrogen-bond acceptors (Lipinski definition) is 7. The van der Waals surface area contributed by atoms with Gasteiger partial charge in [-0.2, -0.15) is 4.31 Å². The van der Waals surface area contributed by atoms with E-state index in [0.717, 1.165) is 42.8 Å². The summed E-state index contributed by atoms with van der Waals surface area (Å²) < 4.78 is 27.3. The minimum Gasteiger partial charge on any atom is -0.341 e. The van der Waals surface area contributed by atoms with Gasteiger partial charge in [0, 0.05) is 43.7 Å². The summed E-state index contributed by atoms with van der Waals surface area (Å²) in [6.07, 6.45) is 3.35. The Bertz CT molecular complexity index is 1250. The molecule has 1 fully saturated rings. The van der Waals surface area contributed by atoms with Gasteiger partial charge in [-0.05, 0) is 55.6 Å². The van der Waals surface area contributed by atoms with Gasteiger partial charge in [0.25, 0.3) is 11.8 Å². The number of nitrogens with one attached hydrogen (secondary N) is 3. The van der Waals surface area contributed by atoms with Crippen LogP contribution in [-0.2, 0) is 23.0 Å². The molecule has 2 aliphatic rings. The van der Waals surface area contributed by atoms with E-state index in [0.29, 0.717) is 36.6 Å². The molecule has 0 spiro atoms. The van der Waals surface area contributed by atoms with Crippen LogP contribution in [0.15, 0.2) is 29.2 Å². The molecule has 3 heterocycles. The second-order valence-electron chi connectivity index (χ2n) is 8.80. The van der Waals surface area contributed by atoms with Crippen molar-refractivity contribution < 1.29 is 22.8 Å². The first-order valence-electron chi connectivity index (χ1n) is 12.1. The second-order valence-corrected chi connectivity index (χ2v) is 11.8. The highest BCUT2D eigenvalue weighted by Crippen LogP contribution is 2.37. The van der Waals surface area contributed by atoms with Gasteiger partial charge < -0.3 is 10.6 Å². The van der Waals surface area contributed by atoms with E-state index in [9.17, 15) is 22.8 Å². The van der Waals surface area contributed by atoms with Gasteiger partial charge in [-0.3, -0.25) is 19.8 Å². The van der Waals surface area contributed by atoms with Crippen molar-refractivity contribution in [2.75, 3.05) is 38.5 Å². The number of nitrogens with zero attached hydrogens (tertiary/aromatic N) is 2. The van der Waals surface area contributed by atoms with Gasteiger partial charge >= 0.3 is 6.03 Å². The molecule has 0 atom stereocenters. The summed E-state index contributed by atoms with van der Waals surface area (Å²) in [4.78, 5) is 41.2. The van der Waals surface area contributed by atoms with Crippen molar-refractivity contribution in [2.24, 2.45) is 0 Å². The number of anilines is 1. The molecule has 1 saturated heterocycles. The third-order valence-corrected chi connectivity index (χ3v) is 9.61. The fourth-order valence-corrected chi connectivity index (χ4v) is 7.29. The molecule has 36 heavy (non-hydrogen) atoms. The van der Waals surface area contributed by atoms with E-state index in [1.165, 1.54) is 47.0 Å². The molecule has 0 unspecified atom stereocenters. The van der Waals surface area contributed by atoms with Crippen LogP contribution in [0, 0.1) is 0 Å². The molecule has 1 aromatic carbocycles. The zero-order valence-corrected chi connectivity index (χ0v) is 22.1. The van der Waals surface area contributed by atoms with Crippen molar-refractivity contribution in [1.29, 1.82) is 0 Å². The van der Waals surface area contributed by atoms with Crippen molar-refractivity contribution >= 4 is 44.2 Å². The Morgan fingerprint density at radius 1 is 1.00 bits per heavy atom. The molecule has 4 amide bonds. The van der Waals surface area contributed by atoms with Gasteiger partial charge in [-0.15, -0.1) is 11.3 Å². The van der Waals surface area contributed by atoms with Gasteiger partial charge in [0.1, 0.15) is 5.00 Å². The number of urea groups is 1. The molecular formula is C24H31N5O5S2. The summed E-state index contributed by atoms with van der Waals surface area (Å²) in [6.45, 7) is 5.38. The first-order valence-corrected chi connectivity index (χ1v) is 14.3. The number of hydrogen-bond donors (Lipinski definition) is 3. The molecule has 0 saturated carbocycles. The number of benzene rings is 1. The number of fused-ring (bicyclic) bond motifs is 1. The Morgan fingerprint density at radius 2 is 1.69 bits per heavy atom.